The van der Waals surface area contributed by atoms with Gasteiger partial charge in [0.25, 0.3) is 5.91 Å². The maximum atomic E-state index is 13.7. The molecule has 2 aliphatic rings. The van der Waals surface area contributed by atoms with Crippen LogP contribution in [0, 0.1) is 11.2 Å². The van der Waals surface area contributed by atoms with Gasteiger partial charge in [0.15, 0.2) is 0 Å². The second kappa shape index (κ2) is 4.94. The van der Waals surface area contributed by atoms with E-state index in [4.69, 9.17) is 0 Å². The minimum Gasteiger partial charge on any atom is -0.339 e. The Morgan fingerprint density at radius 2 is 1.91 bits per heavy atom. The van der Waals surface area contributed by atoms with Gasteiger partial charge in [0, 0.05) is 28.9 Å². The number of anilines is 1. The maximum Gasteiger partial charge on any atom is 0.274 e. The summed E-state index contributed by atoms with van der Waals surface area (Å²) < 4.78 is 16.5. The van der Waals surface area contributed by atoms with E-state index in [0.29, 0.717) is 16.7 Å². The lowest BCUT2D eigenvalue weighted by Gasteiger charge is -2.30. The van der Waals surface area contributed by atoms with Crippen LogP contribution in [-0.4, -0.2) is 17.0 Å². The van der Waals surface area contributed by atoms with Crippen molar-refractivity contribution in [1.82, 2.24) is 4.57 Å². The molecule has 0 unspecified atom stereocenters. The van der Waals surface area contributed by atoms with Crippen LogP contribution in [0.4, 0.5) is 10.1 Å². The fourth-order valence-corrected chi connectivity index (χ4v) is 4.31. The molecule has 0 saturated heterocycles. The highest BCUT2D eigenvalue weighted by Crippen LogP contribution is 2.39. The lowest BCUT2D eigenvalue weighted by atomic mass is 9.90. The number of carbonyl (C=O) groups is 1. The van der Waals surface area contributed by atoms with Crippen molar-refractivity contribution in [3.05, 3.63) is 51.5 Å². The van der Waals surface area contributed by atoms with E-state index in [1.165, 1.54) is 23.4 Å². The zero-order chi connectivity index (χ0) is 16.4. The summed E-state index contributed by atoms with van der Waals surface area (Å²) in [6.07, 6.45) is 2.03. The second-order valence-electron chi connectivity index (χ2n) is 7.26. The summed E-state index contributed by atoms with van der Waals surface area (Å²) >= 11 is 3.30. The fourth-order valence-electron chi connectivity index (χ4n) is 3.85. The summed E-state index contributed by atoms with van der Waals surface area (Å²) in [4.78, 5) is 14.5. The largest absolute Gasteiger partial charge is 0.339 e. The first-order valence-electron chi connectivity index (χ1n) is 7.83. The fraction of sp³-hybridized carbons (Fsp3) is 0.389. The van der Waals surface area contributed by atoms with Gasteiger partial charge in [-0.2, -0.15) is 0 Å². The van der Waals surface area contributed by atoms with Gasteiger partial charge >= 0.3 is 0 Å². The number of fused-ring (bicyclic) bond motifs is 3. The molecule has 0 spiro atoms. The van der Waals surface area contributed by atoms with Crippen LogP contribution in [0.5, 0.6) is 0 Å². The number of rotatable bonds is 1. The van der Waals surface area contributed by atoms with Crippen LogP contribution < -0.4 is 4.90 Å². The predicted molar refractivity (Wildman–Crippen MR) is 91.4 cm³/mol. The molecule has 4 rings (SSSR count). The Kier molecular flexibility index (Phi) is 3.21. The van der Waals surface area contributed by atoms with Crippen molar-refractivity contribution in [3.63, 3.8) is 0 Å². The van der Waals surface area contributed by atoms with Crippen molar-refractivity contribution in [2.45, 2.75) is 33.2 Å². The molecule has 23 heavy (non-hydrogen) atoms. The van der Waals surface area contributed by atoms with E-state index < -0.39 is 0 Å². The van der Waals surface area contributed by atoms with Crippen LogP contribution >= 0.6 is 15.9 Å². The minimum atomic E-state index is -0.340. The number of aromatic nitrogens is 1. The molecule has 0 saturated carbocycles. The van der Waals surface area contributed by atoms with Gasteiger partial charge in [-0.3, -0.25) is 4.79 Å². The monoisotopic (exact) mass is 376 g/mol. The van der Waals surface area contributed by atoms with Gasteiger partial charge in [-0.1, -0.05) is 29.8 Å². The standard InChI is InChI=1S/C18H18BrFN2O/c1-18(2)9-11-5-15-17(23)21(3-4-22(15)16(11)10-18)14-7-12(19)6-13(20)8-14/h5-8H,3-4,9-10H2,1-2H3. The zero-order valence-electron chi connectivity index (χ0n) is 13.2. The Labute approximate surface area is 143 Å². The summed E-state index contributed by atoms with van der Waals surface area (Å²) in [5.74, 6) is -0.381. The third-order valence-electron chi connectivity index (χ3n) is 4.78. The van der Waals surface area contributed by atoms with Crippen LogP contribution in [0.2, 0.25) is 0 Å². The number of amides is 1. The molecule has 0 bridgehead atoms. The van der Waals surface area contributed by atoms with Crippen LogP contribution in [-0.2, 0) is 19.4 Å². The first-order valence-corrected chi connectivity index (χ1v) is 8.63. The number of benzene rings is 1. The molecule has 0 radical (unpaired) electrons. The highest BCUT2D eigenvalue weighted by Gasteiger charge is 2.36. The predicted octanol–water partition coefficient (Wildman–Crippen LogP) is 4.17. The Morgan fingerprint density at radius 1 is 1.13 bits per heavy atom. The summed E-state index contributed by atoms with van der Waals surface area (Å²) in [7, 11) is 0. The zero-order valence-corrected chi connectivity index (χ0v) is 14.8. The molecule has 1 aliphatic carbocycles. The number of hydrogen-bond donors (Lipinski definition) is 0. The molecule has 1 amide bonds. The SMILES string of the molecule is CC1(C)Cc2cc3n(c2C1)CCN(c1cc(F)cc(Br)c1)C3=O. The second-order valence-corrected chi connectivity index (χ2v) is 8.17. The lowest BCUT2D eigenvalue weighted by Crippen LogP contribution is -2.40. The summed E-state index contributed by atoms with van der Waals surface area (Å²) in [5.41, 5.74) is 4.21. The van der Waals surface area contributed by atoms with E-state index in [1.54, 1.807) is 11.0 Å². The molecule has 1 aromatic carbocycles. The normalized spacial score (nSPS) is 19.0. The topological polar surface area (TPSA) is 25.2 Å². The number of nitrogens with zero attached hydrogens (tertiary/aromatic N) is 2. The molecular formula is C18H18BrFN2O. The van der Waals surface area contributed by atoms with Crippen molar-refractivity contribution in [1.29, 1.82) is 0 Å². The van der Waals surface area contributed by atoms with Crippen LogP contribution in [0.3, 0.4) is 0 Å². The summed E-state index contributed by atoms with van der Waals surface area (Å²) in [6.45, 7) is 5.87. The van der Waals surface area contributed by atoms with E-state index in [2.05, 4.69) is 34.3 Å². The number of hydrogen-bond acceptors (Lipinski definition) is 1. The lowest BCUT2D eigenvalue weighted by molar-refractivity contribution is 0.0964. The Balaban J connectivity index is 1.72. The number of carbonyl (C=O) groups excluding carboxylic acids is 1. The molecular weight excluding hydrogens is 359 g/mol. The van der Waals surface area contributed by atoms with Gasteiger partial charge < -0.3 is 9.47 Å². The Hall–Kier alpha value is -1.62. The molecule has 3 nitrogen and oxygen atoms in total. The van der Waals surface area contributed by atoms with Crippen LogP contribution in [0.1, 0.15) is 35.6 Å². The highest BCUT2D eigenvalue weighted by molar-refractivity contribution is 9.10. The molecule has 1 aliphatic heterocycles. The molecule has 0 N–H and O–H groups in total. The third-order valence-corrected chi connectivity index (χ3v) is 5.24. The van der Waals surface area contributed by atoms with Crippen LogP contribution in [0.25, 0.3) is 0 Å². The average molecular weight is 377 g/mol. The molecule has 2 aromatic rings. The molecule has 2 heterocycles. The third kappa shape index (κ3) is 2.42. The quantitative estimate of drug-likeness (QED) is 0.732. The van der Waals surface area contributed by atoms with Gasteiger partial charge in [0.1, 0.15) is 11.5 Å². The van der Waals surface area contributed by atoms with Gasteiger partial charge in [-0.05, 0) is 48.1 Å². The average Bonchev–Trinajstić information content (AvgIpc) is 2.91. The van der Waals surface area contributed by atoms with Crippen molar-refractivity contribution in [3.8, 4) is 0 Å². The van der Waals surface area contributed by atoms with E-state index in [0.717, 1.165) is 25.1 Å². The minimum absolute atomic E-state index is 0.0408. The van der Waals surface area contributed by atoms with Gasteiger partial charge in [0.2, 0.25) is 0 Å². The van der Waals surface area contributed by atoms with E-state index in [1.807, 2.05) is 6.07 Å². The first-order chi connectivity index (χ1) is 10.8. The van der Waals surface area contributed by atoms with Crippen molar-refractivity contribution in [2.24, 2.45) is 5.41 Å². The van der Waals surface area contributed by atoms with E-state index >= 15 is 0 Å². The van der Waals surface area contributed by atoms with Gasteiger partial charge in [0.05, 0.1) is 0 Å². The van der Waals surface area contributed by atoms with Crippen molar-refractivity contribution in [2.75, 3.05) is 11.4 Å². The number of halogens is 2. The first kappa shape index (κ1) is 14.9. The smallest absolute Gasteiger partial charge is 0.274 e. The Bertz CT molecular complexity index is 804. The maximum absolute atomic E-state index is 13.7. The molecule has 0 atom stereocenters. The van der Waals surface area contributed by atoms with Crippen molar-refractivity contribution < 1.29 is 9.18 Å². The summed E-state index contributed by atoms with van der Waals surface area (Å²) in [5, 5.41) is 0. The van der Waals surface area contributed by atoms with E-state index in [-0.39, 0.29) is 17.1 Å². The van der Waals surface area contributed by atoms with Gasteiger partial charge in [-0.25, -0.2) is 4.39 Å². The van der Waals surface area contributed by atoms with Crippen LogP contribution in [0.15, 0.2) is 28.7 Å². The van der Waals surface area contributed by atoms with Gasteiger partial charge in [-0.15, -0.1) is 0 Å². The van der Waals surface area contributed by atoms with E-state index in [9.17, 15) is 9.18 Å². The summed E-state index contributed by atoms with van der Waals surface area (Å²) in [6, 6.07) is 6.64. The molecule has 5 heteroatoms. The highest BCUT2D eigenvalue weighted by atomic mass is 79.9. The van der Waals surface area contributed by atoms with Crippen molar-refractivity contribution >= 4 is 27.5 Å². The Morgan fingerprint density at radius 3 is 2.65 bits per heavy atom. The molecule has 120 valence electrons. The molecule has 1 aromatic heterocycles. The molecule has 0 fully saturated rings.